The van der Waals surface area contributed by atoms with Gasteiger partial charge in [-0.1, -0.05) is 75.9 Å². The number of hydrogen-bond donors (Lipinski definition) is 6. The van der Waals surface area contributed by atoms with Crippen molar-refractivity contribution in [2.45, 2.75) is 209 Å². The van der Waals surface area contributed by atoms with Gasteiger partial charge in [-0.2, -0.15) is 5.06 Å². The first-order valence-corrected chi connectivity index (χ1v) is 25.1. The number of carbonyl (C=O) groups excluding carboxylic acids is 4. The first-order valence-electron chi connectivity index (χ1n) is 25.1. The van der Waals surface area contributed by atoms with Gasteiger partial charge in [-0.15, -0.1) is 0 Å². The van der Waals surface area contributed by atoms with Gasteiger partial charge in [0, 0.05) is 32.2 Å². The van der Waals surface area contributed by atoms with Gasteiger partial charge in [-0.25, -0.2) is 0 Å². The molecule has 1 aromatic rings. The maximum Gasteiger partial charge on any atom is 0.327 e. The maximum atomic E-state index is 15.7. The molecule has 2 bridgehead atoms. The Hall–Kier alpha value is -3.60. The van der Waals surface area contributed by atoms with Crippen LogP contribution in [0.1, 0.15) is 129 Å². The Morgan fingerprint density at radius 3 is 2.39 bits per heavy atom. The molecule has 2 amide bonds. The second-order valence-corrected chi connectivity index (χ2v) is 20.6. The summed E-state index contributed by atoms with van der Waals surface area (Å²) in [6.07, 6.45) is 1.15. The van der Waals surface area contributed by atoms with Crippen LogP contribution in [0.3, 0.4) is 0 Å². The zero-order valence-electron chi connectivity index (χ0n) is 40.7. The lowest BCUT2D eigenvalue weighted by atomic mass is 9.62. The molecule has 0 spiro atoms. The number of rotatable bonds is 22. The van der Waals surface area contributed by atoms with Crippen molar-refractivity contribution in [3.63, 3.8) is 0 Å². The molecule has 0 aromatic heterocycles. The van der Waals surface area contributed by atoms with Crippen LogP contribution in [-0.2, 0) is 59.0 Å². The third-order valence-electron chi connectivity index (χ3n) is 14.3. The van der Waals surface area contributed by atoms with Crippen molar-refractivity contribution in [3.8, 4) is 0 Å². The number of hydrogen-bond acceptors (Lipinski definition) is 17. The van der Waals surface area contributed by atoms with Gasteiger partial charge in [0.1, 0.15) is 65.9 Å². The van der Waals surface area contributed by atoms with Crippen LogP contribution >= 0.6 is 0 Å². The molecule has 386 valence electrons. The lowest BCUT2D eigenvalue weighted by Crippen LogP contribution is -2.70. The number of aliphatic hydroxyl groups excluding tert-OH is 5. The van der Waals surface area contributed by atoms with Gasteiger partial charge in [0.2, 0.25) is 11.8 Å². The number of aliphatic hydroxyl groups is 5. The number of nitrogens with zero attached hydrogens (tertiary/aromatic N) is 2. The average Bonchev–Trinajstić information content (AvgIpc) is 4.05. The van der Waals surface area contributed by atoms with E-state index in [0.717, 1.165) is 49.7 Å². The molecule has 1 aromatic carbocycles. The first kappa shape index (κ1) is 53.2. The Morgan fingerprint density at radius 2 is 1.71 bits per heavy atom. The predicted octanol–water partition coefficient (Wildman–Crippen LogP) is 2.55. The molecular weight excluding hydrogens is 899 g/mol. The highest BCUT2D eigenvalue weighted by Crippen LogP contribution is 2.59. The number of fused-ring (bicyclic) bond motifs is 4. The summed E-state index contributed by atoms with van der Waals surface area (Å²) in [7, 11) is 0. The van der Waals surface area contributed by atoms with E-state index in [1.54, 1.807) is 37.8 Å². The minimum atomic E-state index is -1.57. The Labute approximate surface area is 404 Å². The highest BCUT2D eigenvalue weighted by atomic mass is 16.8. The Kier molecular flexibility index (Phi) is 17.6. The topological polar surface area (TPSA) is 253 Å². The number of benzene rings is 1. The van der Waals surface area contributed by atoms with E-state index in [0.29, 0.717) is 25.7 Å². The van der Waals surface area contributed by atoms with Gasteiger partial charge >= 0.3 is 11.9 Å². The van der Waals surface area contributed by atoms with Crippen LogP contribution in [0, 0.1) is 5.41 Å². The van der Waals surface area contributed by atoms with Crippen LogP contribution < -0.4 is 5.32 Å². The molecule has 6 N–H and O–H groups in total. The summed E-state index contributed by atoms with van der Waals surface area (Å²) in [4.78, 5) is 65.3. The summed E-state index contributed by atoms with van der Waals surface area (Å²) >= 11 is 0. The number of hydroxylamine groups is 2. The molecule has 6 fully saturated rings. The zero-order valence-corrected chi connectivity index (χ0v) is 40.7. The highest BCUT2D eigenvalue weighted by molar-refractivity contribution is 5.96. The largest absolute Gasteiger partial charge is 0.460 e. The molecule has 6 aliphatic rings. The fourth-order valence-electron chi connectivity index (χ4n) is 10.9. The quantitative estimate of drug-likeness (QED) is 0.0722. The minimum absolute atomic E-state index is 0.0264. The van der Waals surface area contributed by atoms with Gasteiger partial charge in [-0.05, 0) is 64.0 Å². The third-order valence-corrected chi connectivity index (χ3v) is 14.3. The van der Waals surface area contributed by atoms with Crippen molar-refractivity contribution in [1.29, 1.82) is 0 Å². The number of nitrogens with one attached hydrogen (secondary N) is 1. The van der Waals surface area contributed by atoms with Gasteiger partial charge in [-0.3, -0.25) is 24.0 Å². The second-order valence-electron chi connectivity index (χ2n) is 20.6. The van der Waals surface area contributed by atoms with E-state index in [1.165, 1.54) is 5.06 Å². The second kappa shape index (κ2) is 22.9. The summed E-state index contributed by atoms with van der Waals surface area (Å²) in [5.41, 5.74) is -0.738. The number of ether oxygens (including phenoxy) is 6. The Bertz CT molecular complexity index is 1950. The third kappa shape index (κ3) is 11.7. The van der Waals surface area contributed by atoms with Crippen LogP contribution in [0.15, 0.2) is 30.3 Å². The SMILES string of the molecule is CCCCCC1(CCCCC)OC2C3CC4(C(=O)N5CCCC5C(=O)NC(CO)CCC(=O)OC(C)(C)C)C(ON(Cc5cccc(C=CCOC6OC(CO)C(O)C(O)C6O)c5)C4C(=O)O3)C2O1. The molecule has 19 nitrogen and oxygen atoms in total. The molecule has 5 heterocycles. The summed E-state index contributed by atoms with van der Waals surface area (Å²) < 4.78 is 36.8. The summed E-state index contributed by atoms with van der Waals surface area (Å²) in [5.74, 6) is -2.95. The minimum Gasteiger partial charge on any atom is -0.460 e. The van der Waals surface area contributed by atoms with E-state index in [-0.39, 0.29) is 39.0 Å². The van der Waals surface area contributed by atoms with Gasteiger partial charge < -0.3 is 64.2 Å². The molecule has 19 heteroatoms. The summed E-state index contributed by atoms with van der Waals surface area (Å²) in [6.45, 7) is 8.81. The van der Waals surface area contributed by atoms with E-state index in [4.69, 9.17) is 33.3 Å². The van der Waals surface area contributed by atoms with Crippen molar-refractivity contribution in [2.24, 2.45) is 5.41 Å². The molecular formula is C50H75N3O16. The molecule has 69 heavy (non-hydrogen) atoms. The van der Waals surface area contributed by atoms with E-state index in [2.05, 4.69) is 19.2 Å². The van der Waals surface area contributed by atoms with Crippen LogP contribution in [0.25, 0.3) is 6.08 Å². The number of carbonyl (C=O) groups is 4. The summed E-state index contributed by atoms with van der Waals surface area (Å²) in [6, 6.07) is 4.54. The monoisotopic (exact) mass is 974 g/mol. The van der Waals surface area contributed by atoms with E-state index in [1.807, 2.05) is 24.3 Å². The lowest BCUT2D eigenvalue weighted by Gasteiger charge is -2.50. The number of likely N-dealkylation sites (tertiary alicyclic amines) is 1. The number of unbranched alkanes of at least 4 members (excludes halogenated alkanes) is 4. The molecule has 1 aliphatic carbocycles. The van der Waals surface area contributed by atoms with E-state index < -0.39 is 127 Å². The first-order chi connectivity index (χ1) is 33.0. The van der Waals surface area contributed by atoms with Crippen molar-refractivity contribution in [3.05, 3.63) is 41.5 Å². The fourth-order valence-corrected chi connectivity index (χ4v) is 10.9. The molecule has 13 atom stereocenters. The highest BCUT2D eigenvalue weighted by Gasteiger charge is 2.77. The Morgan fingerprint density at radius 1 is 0.986 bits per heavy atom. The molecule has 0 radical (unpaired) electrons. The smallest absolute Gasteiger partial charge is 0.327 e. The molecule has 1 saturated carbocycles. The van der Waals surface area contributed by atoms with Gasteiger partial charge in [0.25, 0.3) is 0 Å². The van der Waals surface area contributed by atoms with Crippen molar-refractivity contribution < 1.29 is 78.0 Å². The van der Waals surface area contributed by atoms with Crippen molar-refractivity contribution >= 4 is 29.8 Å². The van der Waals surface area contributed by atoms with Crippen LogP contribution in [0.2, 0.25) is 0 Å². The molecule has 5 saturated heterocycles. The van der Waals surface area contributed by atoms with Crippen LogP contribution in [0.4, 0.5) is 0 Å². The van der Waals surface area contributed by atoms with Crippen LogP contribution in [-0.4, -0.2) is 170 Å². The predicted molar refractivity (Wildman–Crippen MR) is 246 cm³/mol. The summed E-state index contributed by atoms with van der Waals surface area (Å²) in [5, 5.41) is 54.8. The Balaban J connectivity index is 1.14. The maximum absolute atomic E-state index is 15.7. The van der Waals surface area contributed by atoms with E-state index >= 15 is 4.79 Å². The van der Waals surface area contributed by atoms with E-state index in [9.17, 15) is 39.9 Å². The lowest BCUT2D eigenvalue weighted by molar-refractivity contribution is -0.298. The fraction of sp³-hybridized carbons (Fsp3) is 0.760. The zero-order chi connectivity index (χ0) is 49.7. The number of amides is 2. The molecule has 13 unspecified atom stereocenters. The van der Waals surface area contributed by atoms with Gasteiger partial charge in [0.15, 0.2) is 18.1 Å². The molecule has 7 rings (SSSR count). The normalized spacial score (nSPS) is 33.3. The standard InChI is InChI=1S/C50H75N3O16/c1-6-8-10-21-49(22-11-9-7-2)67-40-34-26-50(47(62)52-23-13-18-33(52)44(60)51-32(28-54)19-20-36(56)66-48(3,4)5)42(45(61)64-34)53(69-43(50)41(40)68-49)27-31-16-12-15-30(25-31)17-14-24-63-46-39(59)38(58)37(57)35(29-55)65-46/h12,14-17,25,32-35,37-43,46,54-55,57-59H,6-11,13,18-24,26-29H2,1-5H3,(H,51,60). The van der Waals surface area contributed by atoms with Crippen LogP contribution in [0.5, 0.6) is 0 Å². The van der Waals surface area contributed by atoms with Crippen molar-refractivity contribution in [1.82, 2.24) is 15.3 Å². The molecule has 5 aliphatic heterocycles. The van der Waals surface area contributed by atoms with Crippen molar-refractivity contribution in [2.75, 3.05) is 26.4 Å². The number of esters is 2. The van der Waals surface area contributed by atoms with Gasteiger partial charge in [0.05, 0.1) is 32.4 Å². The average molecular weight is 974 g/mol.